The Hall–Kier alpha value is -1.89. The van der Waals surface area contributed by atoms with Crippen LogP contribution in [0, 0.1) is 6.92 Å². The molecular formula is C11H17N5O2. The minimum atomic E-state index is -0.718. The van der Waals surface area contributed by atoms with Gasteiger partial charge in [0, 0.05) is 18.8 Å². The van der Waals surface area contributed by atoms with Gasteiger partial charge >= 0.3 is 0 Å². The molecule has 1 aromatic heterocycles. The molecule has 2 rings (SSSR count). The summed E-state index contributed by atoms with van der Waals surface area (Å²) in [6, 6.07) is 1.65. The van der Waals surface area contributed by atoms with Gasteiger partial charge in [-0.25, -0.2) is 9.97 Å². The van der Waals surface area contributed by atoms with Crippen molar-refractivity contribution in [2.24, 2.45) is 10.9 Å². The molecule has 0 bridgehead atoms. The third kappa shape index (κ3) is 2.51. The fourth-order valence-electron chi connectivity index (χ4n) is 1.99. The second kappa shape index (κ2) is 4.41. The average molecular weight is 251 g/mol. The number of rotatable bonds is 2. The molecule has 1 fully saturated rings. The first-order valence-electron chi connectivity index (χ1n) is 5.72. The summed E-state index contributed by atoms with van der Waals surface area (Å²) < 4.78 is 0. The van der Waals surface area contributed by atoms with Crippen molar-refractivity contribution in [3.8, 4) is 0 Å². The van der Waals surface area contributed by atoms with Crippen LogP contribution in [0.4, 0.5) is 5.95 Å². The molecule has 0 aliphatic carbocycles. The Labute approximate surface area is 105 Å². The highest BCUT2D eigenvalue weighted by Gasteiger charge is 2.32. The summed E-state index contributed by atoms with van der Waals surface area (Å²) in [4.78, 5) is 10.4. The molecular weight excluding hydrogens is 234 g/mol. The molecule has 1 aliphatic rings. The number of aryl methyl sites for hydroxylation is 1. The van der Waals surface area contributed by atoms with Crippen LogP contribution in [0.2, 0.25) is 0 Å². The van der Waals surface area contributed by atoms with Gasteiger partial charge in [-0.3, -0.25) is 0 Å². The van der Waals surface area contributed by atoms with Crippen molar-refractivity contribution in [1.82, 2.24) is 9.97 Å². The van der Waals surface area contributed by atoms with Gasteiger partial charge in [-0.2, -0.15) is 0 Å². The van der Waals surface area contributed by atoms with E-state index in [9.17, 15) is 5.11 Å². The summed E-state index contributed by atoms with van der Waals surface area (Å²) in [7, 11) is 0. The maximum atomic E-state index is 9.93. The minimum absolute atomic E-state index is 0.0484. The number of nitrogens with two attached hydrogens (primary N) is 1. The molecule has 1 atom stereocenters. The number of oxime groups is 1. The van der Waals surface area contributed by atoms with Crippen LogP contribution < -0.4 is 10.6 Å². The maximum absolute atomic E-state index is 9.93. The third-order valence-corrected chi connectivity index (χ3v) is 2.95. The van der Waals surface area contributed by atoms with Crippen molar-refractivity contribution in [2.45, 2.75) is 25.9 Å². The second-order valence-electron chi connectivity index (χ2n) is 4.85. The van der Waals surface area contributed by atoms with Gasteiger partial charge in [0.2, 0.25) is 5.95 Å². The van der Waals surface area contributed by atoms with Crippen LogP contribution in [0.15, 0.2) is 11.2 Å². The highest BCUT2D eigenvalue weighted by molar-refractivity contribution is 5.95. The van der Waals surface area contributed by atoms with Crippen LogP contribution in [0.5, 0.6) is 0 Å². The van der Waals surface area contributed by atoms with Gasteiger partial charge in [-0.05, 0) is 26.3 Å². The zero-order valence-electron chi connectivity index (χ0n) is 10.5. The highest BCUT2D eigenvalue weighted by Crippen LogP contribution is 2.24. The predicted octanol–water partition coefficient (Wildman–Crippen LogP) is -0.159. The molecule has 0 aromatic carbocycles. The summed E-state index contributed by atoms with van der Waals surface area (Å²) in [5.74, 6) is 0.446. The molecule has 1 saturated heterocycles. The van der Waals surface area contributed by atoms with E-state index in [4.69, 9.17) is 10.9 Å². The maximum Gasteiger partial charge on any atom is 0.226 e. The number of hydrogen-bond donors (Lipinski definition) is 3. The van der Waals surface area contributed by atoms with Gasteiger partial charge in [-0.1, -0.05) is 5.16 Å². The first-order chi connectivity index (χ1) is 8.41. The fourth-order valence-corrected chi connectivity index (χ4v) is 1.99. The van der Waals surface area contributed by atoms with Crippen LogP contribution in [0.3, 0.4) is 0 Å². The van der Waals surface area contributed by atoms with E-state index in [1.807, 2.05) is 11.8 Å². The lowest BCUT2D eigenvalue weighted by Gasteiger charge is -2.19. The van der Waals surface area contributed by atoms with Crippen LogP contribution in [0.1, 0.15) is 24.7 Å². The summed E-state index contributed by atoms with van der Waals surface area (Å²) in [6.45, 7) is 4.76. The molecule has 2 heterocycles. The lowest BCUT2D eigenvalue weighted by Crippen LogP contribution is -2.31. The van der Waals surface area contributed by atoms with E-state index in [0.717, 1.165) is 5.69 Å². The average Bonchev–Trinajstić information content (AvgIpc) is 2.68. The highest BCUT2D eigenvalue weighted by atomic mass is 16.4. The number of amidine groups is 1. The number of aliphatic hydroxyl groups is 1. The quantitative estimate of drug-likeness (QED) is 0.292. The molecule has 0 radical (unpaired) electrons. The molecule has 1 aliphatic heterocycles. The normalized spacial score (nSPS) is 24.6. The largest absolute Gasteiger partial charge is 0.409 e. The second-order valence-corrected chi connectivity index (χ2v) is 4.85. The topological polar surface area (TPSA) is 108 Å². The minimum Gasteiger partial charge on any atom is -0.409 e. The summed E-state index contributed by atoms with van der Waals surface area (Å²) >= 11 is 0. The van der Waals surface area contributed by atoms with Gasteiger partial charge in [0.25, 0.3) is 0 Å². The predicted molar refractivity (Wildman–Crippen MR) is 66.7 cm³/mol. The molecule has 7 heteroatoms. The van der Waals surface area contributed by atoms with E-state index in [-0.39, 0.29) is 5.84 Å². The number of nitrogens with zero attached hydrogens (tertiary/aromatic N) is 4. The SMILES string of the molecule is Cc1cc(/C(N)=N/O)nc(N2CCC(C)(O)C2)n1. The Morgan fingerprint density at radius 2 is 2.28 bits per heavy atom. The first-order valence-corrected chi connectivity index (χ1v) is 5.72. The molecule has 7 nitrogen and oxygen atoms in total. The standard InChI is InChI=1S/C11H17N5O2/c1-7-5-8(9(12)15-18)14-10(13-7)16-4-3-11(2,17)6-16/h5,17-18H,3-4,6H2,1-2H3,(H2,12,15). The van der Waals surface area contributed by atoms with Crippen molar-refractivity contribution >= 4 is 11.8 Å². The number of hydrogen-bond acceptors (Lipinski definition) is 6. The van der Waals surface area contributed by atoms with E-state index >= 15 is 0 Å². The fraction of sp³-hybridized carbons (Fsp3) is 0.545. The van der Waals surface area contributed by atoms with Crippen molar-refractivity contribution in [3.05, 3.63) is 17.5 Å². The van der Waals surface area contributed by atoms with Gasteiger partial charge in [0.15, 0.2) is 5.84 Å². The van der Waals surface area contributed by atoms with Gasteiger partial charge in [0.1, 0.15) is 5.69 Å². The molecule has 1 unspecified atom stereocenters. The van der Waals surface area contributed by atoms with Gasteiger partial charge in [0.05, 0.1) is 5.60 Å². The number of β-amino-alcohol motifs (C(OH)–C–C–N with tert-alkyl or cyclic N) is 1. The van der Waals surface area contributed by atoms with E-state index < -0.39 is 5.60 Å². The monoisotopic (exact) mass is 251 g/mol. The van der Waals surface area contributed by atoms with E-state index in [1.165, 1.54) is 0 Å². The molecule has 0 spiro atoms. The summed E-state index contributed by atoms with van der Waals surface area (Å²) in [6.07, 6.45) is 0.670. The number of aromatic nitrogens is 2. The summed E-state index contributed by atoms with van der Waals surface area (Å²) in [5, 5.41) is 21.5. The van der Waals surface area contributed by atoms with Crippen molar-refractivity contribution < 1.29 is 10.3 Å². The Morgan fingerprint density at radius 1 is 1.56 bits per heavy atom. The van der Waals surface area contributed by atoms with Crippen molar-refractivity contribution in [2.75, 3.05) is 18.0 Å². The summed E-state index contributed by atoms with van der Waals surface area (Å²) in [5.41, 5.74) is 5.92. The van der Waals surface area contributed by atoms with Crippen molar-refractivity contribution in [1.29, 1.82) is 0 Å². The molecule has 0 amide bonds. The van der Waals surface area contributed by atoms with Gasteiger partial charge < -0.3 is 20.9 Å². The Morgan fingerprint density at radius 3 is 2.83 bits per heavy atom. The zero-order chi connectivity index (χ0) is 13.3. The molecule has 1 aromatic rings. The Bertz CT molecular complexity index is 486. The molecule has 98 valence electrons. The molecule has 4 N–H and O–H groups in total. The van der Waals surface area contributed by atoms with E-state index in [2.05, 4.69) is 15.1 Å². The first kappa shape index (κ1) is 12.6. The van der Waals surface area contributed by atoms with Crippen LogP contribution in [0.25, 0.3) is 0 Å². The van der Waals surface area contributed by atoms with Crippen LogP contribution in [-0.2, 0) is 0 Å². The lowest BCUT2D eigenvalue weighted by molar-refractivity contribution is 0.0838. The Balaban J connectivity index is 2.32. The Kier molecular flexibility index (Phi) is 3.08. The number of anilines is 1. The third-order valence-electron chi connectivity index (χ3n) is 2.95. The lowest BCUT2D eigenvalue weighted by atomic mass is 10.1. The van der Waals surface area contributed by atoms with Crippen LogP contribution >= 0.6 is 0 Å². The van der Waals surface area contributed by atoms with Gasteiger partial charge in [-0.15, -0.1) is 0 Å². The van der Waals surface area contributed by atoms with E-state index in [0.29, 0.717) is 31.2 Å². The molecule has 0 saturated carbocycles. The van der Waals surface area contributed by atoms with Crippen molar-refractivity contribution in [3.63, 3.8) is 0 Å². The zero-order valence-corrected chi connectivity index (χ0v) is 10.5. The molecule has 18 heavy (non-hydrogen) atoms. The van der Waals surface area contributed by atoms with Crippen LogP contribution in [-0.4, -0.2) is 44.8 Å². The smallest absolute Gasteiger partial charge is 0.226 e. The van der Waals surface area contributed by atoms with E-state index in [1.54, 1.807) is 13.0 Å².